The predicted molar refractivity (Wildman–Crippen MR) is 128 cm³/mol. The van der Waals surface area contributed by atoms with E-state index in [2.05, 4.69) is 10.4 Å². The van der Waals surface area contributed by atoms with Gasteiger partial charge in [0.2, 0.25) is 5.88 Å². The Balaban J connectivity index is 1.72. The third kappa shape index (κ3) is 5.97. The molecule has 1 aliphatic heterocycles. The number of carbonyl (C=O) groups excluding carboxylic acids is 1. The van der Waals surface area contributed by atoms with Gasteiger partial charge in [0, 0.05) is 25.8 Å². The normalized spacial score (nSPS) is 15.3. The highest BCUT2D eigenvalue weighted by molar-refractivity contribution is 5.74. The van der Waals surface area contributed by atoms with Crippen LogP contribution in [0.15, 0.2) is 48.5 Å². The SMILES string of the molecule is CCCNC(=O)N(Cc1c(C)nn(-c2ccccc2)c1Oc1ccc(F)cc1F)C[C@@H]1CCCO1. The molecule has 0 radical (unpaired) electrons. The number of nitrogens with zero attached hydrogens (tertiary/aromatic N) is 3. The van der Waals surface area contributed by atoms with Crippen molar-refractivity contribution in [3.05, 3.63) is 71.4 Å². The highest BCUT2D eigenvalue weighted by atomic mass is 19.1. The molecular weight excluding hydrogens is 454 g/mol. The van der Waals surface area contributed by atoms with E-state index in [0.29, 0.717) is 36.6 Å². The maximum absolute atomic E-state index is 14.5. The van der Waals surface area contributed by atoms with Gasteiger partial charge in [-0.2, -0.15) is 5.10 Å². The van der Waals surface area contributed by atoms with Crippen LogP contribution in [0.5, 0.6) is 11.6 Å². The lowest BCUT2D eigenvalue weighted by atomic mass is 10.2. The maximum atomic E-state index is 14.5. The number of hydrogen-bond acceptors (Lipinski definition) is 4. The Morgan fingerprint density at radius 2 is 2.06 bits per heavy atom. The predicted octanol–water partition coefficient (Wildman–Crippen LogP) is 5.35. The zero-order chi connectivity index (χ0) is 24.8. The molecule has 2 aromatic carbocycles. The lowest BCUT2D eigenvalue weighted by molar-refractivity contribution is 0.0793. The molecule has 3 aromatic rings. The van der Waals surface area contributed by atoms with Crippen LogP contribution in [0.3, 0.4) is 0 Å². The van der Waals surface area contributed by atoms with Crippen molar-refractivity contribution >= 4 is 6.03 Å². The Morgan fingerprint density at radius 1 is 1.26 bits per heavy atom. The maximum Gasteiger partial charge on any atom is 0.317 e. The fourth-order valence-corrected chi connectivity index (χ4v) is 4.02. The Bertz CT molecular complexity index is 1150. The quantitative estimate of drug-likeness (QED) is 0.445. The number of benzene rings is 2. The van der Waals surface area contributed by atoms with Crippen molar-refractivity contribution in [1.82, 2.24) is 20.0 Å². The summed E-state index contributed by atoms with van der Waals surface area (Å²) >= 11 is 0. The van der Waals surface area contributed by atoms with E-state index in [4.69, 9.17) is 9.47 Å². The molecule has 2 heterocycles. The number of aromatic nitrogens is 2. The Morgan fingerprint density at radius 3 is 2.74 bits per heavy atom. The van der Waals surface area contributed by atoms with Gasteiger partial charge in [0.05, 0.1) is 29.6 Å². The molecule has 0 saturated carbocycles. The summed E-state index contributed by atoms with van der Waals surface area (Å²) in [6.45, 7) is 5.63. The van der Waals surface area contributed by atoms with E-state index in [1.54, 1.807) is 9.58 Å². The molecule has 2 amide bonds. The topological polar surface area (TPSA) is 68.6 Å². The fraction of sp³-hybridized carbons (Fsp3) is 0.385. The van der Waals surface area contributed by atoms with E-state index >= 15 is 0 Å². The average molecular weight is 485 g/mol. The van der Waals surface area contributed by atoms with Gasteiger partial charge in [-0.05, 0) is 50.5 Å². The fourth-order valence-electron chi connectivity index (χ4n) is 4.02. The minimum absolute atomic E-state index is 0.0502. The third-order valence-electron chi connectivity index (χ3n) is 5.85. The molecule has 1 N–H and O–H groups in total. The highest BCUT2D eigenvalue weighted by Gasteiger charge is 2.27. The van der Waals surface area contributed by atoms with Crippen LogP contribution >= 0.6 is 0 Å². The number of para-hydroxylation sites is 1. The summed E-state index contributed by atoms with van der Waals surface area (Å²) in [5.74, 6) is -1.39. The second-order valence-electron chi connectivity index (χ2n) is 8.54. The van der Waals surface area contributed by atoms with E-state index in [9.17, 15) is 13.6 Å². The molecule has 7 nitrogen and oxygen atoms in total. The zero-order valence-electron chi connectivity index (χ0n) is 20.0. The van der Waals surface area contributed by atoms with E-state index in [1.807, 2.05) is 44.2 Å². The van der Waals surface area contributed by atoms with Gasteiger partial charge in [-0.25, -0.2) is 18.3 Å². The average Bonchev–Trinajstić information content (AvgIpc) is 3.47. The lowest BCUT2D eigenvalue weighted by Crippen LogP contribution is -2.43. The smallest absolute Gasteiger partial charge is 0.317 e. The molecule has 1 atom stereocenters. The number of ether oxygens (including phenoxy) is 2. The van der Waals surface area contributed by atoms with Crippen LogP contribution in [0.1, 0.15) is 37.4 Å². The van der Waals surface area contributed by atoms with Crippen molar-refractivity contribution in [3.63, 3.8) is 0 Å². The third-order valence-corrected chi connectivity index (χ3v) is 5.85. The van der Waals surface area contributed by atoms with Crippen LogP contribution in [0.2, 0.25) is 0 Å². The van der Waals surface area contributed by atoms with Gasteiger partial charge in [0.1, 0.15) is 5.82 Å². The van der Waals surface area contributed by atoms with Gasteiger partial charge in [0.25, 0.3) is 0 Å². The number of halogens is 2. The minimum atomic E-state index is -0.827. The van der Waals surface area contributed by atoms with Crippen molar-refractivity contribution in [2.75, 3.05) is 19.7 Å². The molecular formula is C26H30F2N4O3. The van der Waals surface area contributed by atoms with Gasteiger partial charge in [0.15, 0.2) is 11.6 Å². The molecule has 1 saturated heterocycles. The molecule has 0 bridgehead atoms. The Hall–Kier alpha value is -3.46. The van der Waals surface area contributed by atoms with Crippen LogP contribution < -0.4 is 10.1 Å². The molecule has 0 spiro atoms. The van der Waals surface area contributed by atoms with Crippen molar-refractivity contribution < 1.29 is 23.0 Å². The summed E-state index contributed by atoms with van der Waals surface area (Å²) in [6, 6.07) is 12.2. The summed E-state index contributed by atoms with van der Waals surface area (Å²) in [4.78, 5) is 14.7. The number of nitrogens with one attached hydrogen (secondary N) is 1. The van der Waals surface area contributed by atoms with E-state index in [0.717, 1.165) is 31.4 Å². The summed E-state index contributed by atoms with van der Waals surface area (Å²) in [5.41, 5.74) is 1.97. The Labute approximate surface area is 203 Å². The van der Waals surface area contributed by atoms with Gasteiger partial charge in [-0.3, -0.25) is 0 Å². The molecule has 1 fully saturated rings. The molecule has 4 rings (SSSR count). The molecule has 1 aliphatic rings. The number of urea groups is 1. The Kier molecular flexibility index (Phi) is 7.97. The van der Waals surface area contributed by atoms with Gasteiger partial charge in [-0.1, -0.05) is 25.1 Å². The van der Waals surface area contributed by atoms with Gasteiger partial charge < -0.3 is 19.7 Å². The van der Waals surface area contributed by atoms with Gasteiger partial charge in [-0.15, -0.1) is 0 Å². The molecule has 0 aliphatic carbocycles. The van der Waals surface area contributed by atoms with E-state index < -0.39 is 11.6 Å². The summed E-state index contributed by atoms with van der Waals surface area (Å²) < 4.78 is 41.4. The monoisotopic (exact) mass is 484 g/mol. The van der Waals surface area contributed by atoms with Crippen LogP contribution in [0.4, 0.5) is 13.6 Å². The first-order valence-corrected chi connectivity index (χ1v) is 11.9. The van der Waals surface area contributed by atoms with Crippen molar-refractivity contribution in [2.45, 2.75) is 45.8 Å². The first-order chi connectivity index (χ1) is 17.0. The van der Waals surface area contributed by atoms with Crippen molar-refractivity contribution in [1.29, 1.82) is 0 Å². The van der Waals surface area contributed by atoms with Crippen LogP contribution in [-0.4, -0.2) is 46.5 Å². The second kappa shape index (κ2) is 11.3. The number of carbonyl (C=O) groups is 1. The molecule has 9 heteroatoms. The molecule has 35 heavy (non-hydrogen) atoms. The van der Waals surface area contributed by atoms with Crippen molar-refractivity contribution in [2.24, 2.45) is 0 Å². The summed E-state index contributed by atoms with van der Waals surface area (Å²) in [7, 11) is 0. The first-order valence-electron chi connectivity index (χ1n) is 11.9. The standard InChI is InChI=1S/C26H30F2N4O3/c1-3-13-29-26(33)31(16-21-10-7-14-34-21)17-22-18(2)30-32(20-8-5-4-6-9-20)25(22)35-24-12-11-19(27)15-23(24)28/h4-6,8-9,11-12,15,21H,3,7,10,13-14,16-17H2,1-2H3,(H,29,33)/t21-/m0/s1. The lowest BCUT2D eigenvalue weighted by Gasteiger charge is -2.26. The largest absolute Gasteiger partial charge is 0.435 e. The van der Waals surface area contributed by atoms with E-state index in [-0.39, 0.29) is 30.3 Å². The summed E-state index contributed by atoms with van der Waals surface area (Å²) in [6.07, 6.45) is 2.59. The number of aryl methyl sites for hydroxylation is 1. The van der Waals surface area contributed by atoms with Crippen LogP contribution in [0.25, 0.3) is 5.69 Å². The molecule has 186 valence electrons. The first kappa shape index (κ1) is 24.7. The number of hydrogen-bond donors (Lipinski definition) is 1. The van der Waals surface area contributed by atoms with E-state index in [1.165, 1.54) is 6.07 Å². The van der Waals surface area contributed by atoms with Crippen molar-refractivity contribution in [3.8, 4) is 17.3 Å². The summed E-state index contributed by atoms with van der Waals surface area (Å²) in [5, 5.41) is 7.57. The zero-order valence-corrected chi connectivity index (χ0v) is 20.0. The molecule has 1 aromatic heterocycles. The number of rotatable bonds is 9. The van der Waals surface area contributed by atoms with Crippen LogP contribution in [-0.2, 0) is 11.3 Å². The van der Waals surface area contributed by atoms with Gasteiger partial charge >= 0.3 is 6.03 Å². The second-order valence-corrected chi connectivity index (χ2v) is 8.54. The van der Waals surface area contributed by atoms with Crippen LogP contribution in [0, 0.1) is 18.6 Å². The number of amides is 2. The minimum Gasteiger partial charge on any atom is -0.435 e. The molecule has 0 unspecified atom stereocenters. The highest BCUT2D eigenvalue weighted by Crippen LogP contribution is 2.33.